The Bertz CT molecular complexity index is 39.6. The third-order valence-corrected chi connectivity index (χ3v) is 1.16. The molecule has 0 spiro atoms. The summed E-state index contributed by atoms with van der Waals surface area (Å²) in [6.45, 7) is 1.65. The van der Waals surface area contributed by atoms with Crippen molar-refractivity contribution in [3.05, 3.63) is 0 Å². The van der Waals surface area contributed by atoms with Crippen LogP contribution in [-0.2, 0) is 0 Å². The van der Waals surface area contributed by atoms with Crippen molar-refractivity contribution in [2.45, 2.75) is 25.7 Å². The second-order valence-electron chi connectivity index (χ2n) is 1.99. The molecule has 0 saturated carbocycles. The lowest BCUT2D eigenvalue weighted by Gasteiger charge is -1.94. The highest BCUT2D eigenvalue weighted by molar-refractivity contribution is 5.85. The highest BCUT2D eigenvalue weighted by Crippen LogP contribution is 1.95. The fourth-order valence-corrected chi connectivity index (χ4v) is 0.642. The molecule has 0 radical (unpaired) electrons. The Morgan fingerprint density at radius 3 is 1.09 bits per heavy atom. The Morgan fingerprint density at radius 1 is 0.636 bits per heavy atom. The minimum atomic E-state index is 0. The third kappa shape index (κ3) is 25.4. The Labute approximate surface area is 75.7 Å². The monoisotopic (exact) mass is 186 g/mol. The lowest BCUT2D eigenvalue weighted by atomic mass is 10.2. The molecule has 0 unspecified atom stereocenters. The third-order valence-electron chi connectivity index (χ3n) is 1.16. The summed E-state index contributed by atoms with van der Waals surface area (Å²) in [5.41, 5.74) is 10.6. The first-order chi connectivity index (χ1) is 3.91. The molecule has 0 bridgehead atoms. The van der Waals surface area contributed by atoms with Crippen LogP contribution in [0.3, 0.4) is 0 Å². The molecular formula is C6H23ClN4. The van der Waals surface area contributed by atoms with E-state index in [0.717, 1.165) is 25.9 Å². The summed E-state index contributed by atoms with van der Waals surface area (Å²) in [5.74, 6) is 0. The molecule has 0 fully saturated rings. The van der Waals surface area contributed by atoms with Gasteiger partial charge in [-0.2, -0.15) is 0 Å². The van der Waals surface area contributed by atoms with Crippen LogP contribution in [0.2, 0.25) is 0 Å². The predicted molar refractivity (Wildman–Crippen MR) is 53.9 cm³/mol. The maximum absolute atomic E-state index is 5.28. The average Bonchev–Trinajstić information content (AvgIpc) is 1.81. The second kappa shape index (κ2) is 22.5. The maximum Gasteiger partial charge on any atom is -0.00773 e. The number of halogens is 1. The van der Waals surface area contributed by atoms with Crippen LogP contribution in [0, 0.1) is 0 Å². The molecule has 0 aromatic carbocycles. The van der Waals surface area contributed by atoms with Crippen LogP contribution in [0.4, 0.5) is 0 Å². The molecule has 4 nitrogen and oxygen atoms in total. The number of hydrogen-bond acceptors (Lipinski definition) is 4. The first kappa shape index (κ1) is 22.5. The van der Waals surface area contributed by atoms with Gasteiger partial charge >= 0.3 is 0 Å². The Hall–Kier alpha value is 0.130. The van der Waals surface area contributed by atoms with Gasteiger partial charge < -0.3 is 23.8 Å². The van der Waals surface area contributed by atoms with Crippen molar-refractivity contribution < 1.29 is 0 Å². The van der Waals surface area contributed by atoms with Crippen molar-refractivity contribution in [1.82, 2.24) is 12.3 Å². The smallest absolute Gasteiger partial charge is 0.00773 e. The van der Waals surface area contributed by atoms with E-state index in [0.29, 0.717) is 0 Å². The van der Waals surface area contributed by atoms with E-state index < -0.39 is 0 Å². The SMILES string of the molecule is Cl.N.N.NCCCCCCN. The van der Waals surface area contributed by atoms with Crippen molar-refractivity contribution in [3.63, 3.8) is 0 Å². The van der Waals surface area contributed by atoms with Crippen LogP contribution < -0.4 is 23.8 Å². The van der Waals surface area contributed by atoms with Crippen molar-refractivity contribution in [2.24, 2.45) is 11.5 Å². The van der Waals surface area contributed by atoms with Crippen LogP contribution in [-0.4, -0.2) is 13.1 Å². The van der Waals surface area contributed by atoms with Crippen molar-refractivity contribution >= 4 is 12.4 Å². The molecule has 5 heteroatoms. The topological polar surface area (TPSA) is 122 Å². The van der Waals surface area contributed by atoms with Gasteiger partial charge in [0.1, 0.15) is 0 Å². The summed E-state index contributed by atoms with van der Waals surface area (Å²) >= 11 is 0. The largest absolute Gasteiger partial charge is 0.344 e. The molecular weight excluding hydrogens is 164 g/mol. The van der Waals surface area contributed by atoms with Gasteiger partial charge in [-0.3, -0.25) is 0 Å². The van der Waals surface area contributed by atoms with Crippen molar-refractivity contribution in [3.8, 4) is 0 Å². The fourth-order valence-electron chi connectivity index (χ4n) is 0.642. The van der Waals surface area contributed by atoms with E-state index in [9.17, 15) is 0 Å². The Morgan fingerprint density at radius 2 is 0.909 bits per heavy atom. The number of nitrogens with two attached hydrogens (primary N) is 2. The van der Waals surface area contributed by atoms with Crippen LogP contribution >= 0.6 is 12.4 Å². The maximum atomic E-state index is 5.28. The first-order valence-corrected chi connectivity index (χ1v) is 3.32. The van der Waals surface area contributed by atoms with E-state index in [1.807, 2.05) is 0 Å². The molecule has 0 rings (SSSR count). The molecule has 74 valence electrons. The molecule has 0 saturated heterocycles. The van der Waals surface area contributed by atoms with Crippen LogP contribution in [0.5, 0.6) is 0 Å². The van der Waals surface area contributed by atoms with E-state index in [4.69, 9.17) is 11.5 Å². The molecule has 0 amide bonds. The lowest BCUT2D eigenvalue weighted by Crippen LogP contribution is -2.00. The van der Waals surface area contributed by atoms with Crippen molar-refractivity contribution in [1.29, 1.82) is 0 Å². The van der Waals surface area contributed by atoms with Gasteiger partial charge in [0.05, 0.1) is 0 Å². The van der Waals surface area contributed by atoms with E-state index in [1.165, 1.54) is 12.8 Å². The molecule has 0 aromatic heterocycles. The standard InChI is InChI=1S/C6H16N2.ClH.2H3N/c7-5-3-1-2-4-6-8;;;/h1-8H2;1H;2*1H3. The van der Waals surface area contributed by atoms with Crippen LogP contribution in [0.25, 0.3) is 0 Å². The van der Waals surface area contributed by atoms with E-state index in [1.54, 1.807) is 0 Å². The van der Waals surface area contributed by atoms with Crippen LogP contribution in [0.15, 0.2) is 0 Å². The number of rotatable bonds is 5. The summed E-state index contributed by atoms with van der Waals surface area (Å²) in [7, 11) is 0. The Balaban J connectivity index is -0.0000000817. The molecule has 10 N–H and O–H groups in total. The zero-order chi connectivity index (χ0) is 6.24. The quantitative estimate of drug-likeness (QED) is 0.482. The minimum absolute atomic E-state index is 0. The van der Waals surface area contributed by atoms with Crippen molar-refractivity contribution in [2.75, 3.05) is 13.1 Å². The molecule has 0 heterocycles. The van der Waals surface area contributed by atoms with Gasteiger partial charge in [-0.15, -0.1) is 12.4 Å². The highest BCUT2D eigenvalue weighted by atomic mass is 35.5. The zero-order valence-electron chi connectivity index (χ0n) is 7.22. The number of hydrogen-bond donors (Lipinski definition) is 4. The normalized spacial score (nSPS) is 7.09. The van der Waals surface area contributed by atoms with Gasteiger partial charge in [0.15, 0.2) is 0 Å². The summed E-state index contributed by atoms with van der Waals surface area (Å²) in [5, 5.41) is 0. The lowest BCUT2D eigenvalue weighted by molar-refractivity contribution is 0.653. The summed E-state index contributed by atoms with van der Waals surface area (Å²) < 4.78 is 0. The second-order valence-corrected chi connectivity index (χ2v) is 1.99. The molecule has 0 atom stereocenters. The minimum Gasteiger partial charge on any atom is -0.344 e. The molecule has 0 aliphatic rings. The number of unbranched alkanes of at least 4 members (excludes halogenated alkanes) is 3. The molecule has 0 aromatic rings. The average molecular weight is 187 g/mol. The van der Waals surface area contributed by atoms with Gasteiger partial charge in [0.2, 0.25) is 0 Å². The summed E-state index contributed by atoms with van der Waals surface area (Å²) in [4.78, 5) is 0. The molecule has 0 aliphatic heterocycles. The van der Waals surface area contributed by atoms with E-state index >= 15 is 0 Å². The van der Waals surface area contributed by atoms with Gasteiger partial charge in [0, 0.05) is 0 Å². The van der Waals surface area contributed by atoms with Gasteiger partial charge in [-0.1, -0.05) is 12.8 Å². The summed E-state index contributed by atoms with van der Waals surface area (Å²) in [6, 6.07) is 0. The van der Waals surface area contributed by atoms with Gasteiger partial charge in [0.25, 0.3) is 0 Å². The van der Waals surface area contributed by atoms with Gasteiger partial charge in [-0.05, 0) is 25.9 Å². The summed E-state index contributed by atoms with van der Waals surface area (Å²) in [6.07, 6.45) is 4.79. The first-order valence-electron chi connectivity index (χ1n) is 3.32. The fraction of sp³-hybridized carbons (Fsp3) is 1.00. The highest BCUT2D eigenvalue weighted by Gasteiger charge is 1.83. The Kier molecular flexibility index (Phi) is 45.9. The predicted octanol–water partition coefficient (Wildman–Crippen LogP) is 1.21. The molecule has 11 heavy (non-hydrogen) atoms. The molecule has 0 aliphatic carbocycles. The zero-order valence-corrected chi connectivity index (χ0v) is 8.04. The van der Waals surface area contributed by atoms with E-state index in [2.05, 4.69) is 0 Å². The van der Waals surface area contributed by atoms with E-state index in [-0.39, 0.29) is 24.7 Å². The van der Waals surface area contributed by atoms with Gasteiger partial charge in [-0.25, -0.2) is 0 Å². The van der Waals surface area contributed by atoms with Crippen LogP contribution in [0.1, 0.15) is 25.7 Å².